The summed E-state index contributed by atoms with van der Waals surface area (Å²) in [6, 6.07) is 30.0. The van der Waals surface area contributed by atoms with Crippen molar-refractivity contribution in [2.45, 2.75) is 0 Å². The molecule has 0 spiro atoms. The lowest BCUT2D eigenvalue weighted by atomic mass is 10.2. The van der Waals surface area contributed by atoms with Gasteiger partial charge in [-0.2, -0.15) is 0 Å². The number of nitrogen functional groups attached to an aromatic ring is 1. The molecule has 1 aromatic heterocycles. The average Bonchev–Trinajstić information content (AvgIpc) is 2.80. The monoisotopic (exact) mass is 382 g/mol. The number of nitrogens with zero attached hydrogens (tertiary/aromatic N) is 4. The van der Waals surface area contributed by atoms with E-state index >= 15 is 0 Å². The smallest absolute Gasteiger partial charge is 0.173 e. The van der Waals surface area contributed by atoms with Gasteiger partial charge in [-0.1, -0.05) is 54.6 Å². The number of anilines is 6. The van der Waals surface area contributed by atoms with Crippen molar-refractivity contribution in [2.75, 3.05) is 28.1 Å². The first-order chi connectivity index (χ1) is 14.2. The standard InChI is InChI=1S/C23H22N6/c1-28(18-11-5-2-6-12-18)23-21(24)22(25-17-26-23)27-29(19-13-7-3-8-14-19)20-15-9-4-10-16-20/h2-17H,24H2,1H3,(H,25,26,27). The fourth-order valence-electron chi connectivity index (χ4n) is 3.05. The Kier molecular flexibility index (Phi) is 5.25. The fraction of sp³-hybridized carbons (Fsp3) is 0.0435. The highest BCUT2D eigenvalue weighted by atomic mass is 15.5. The number of benzene rings is 3. The zero-order valence-electron chi connectivity index (χ0n) is 16.1. The zero-order chi connectivity index (χ0) is 20.1. The molecule has 29 heavy (non-hydrogen) atoms. The summed E-state index contributed by atoms with van der Waals surface area (Å²) < 4.78 is 0. The van der Waals surface area contributed by atoms with Crippen molar-refractivity contribution < 1.29 is 0 Å². The van der Waals surface area contributed by atoms with Crippen LogP contribution >= 0.6 is 0 Å². The molecule has 0 aliphatic heterocycles. The number of aromatic nitrogens is 2. The normalized spacial score (nSPS) is 10.4. The SMILES string of the molecule is CN(c1ccccc1)c1ncnc(NN(c2ccccc2)c2ccccc2)c1N. The third kappa shape index (κ3) is 3.96. The summed E-state index contributed by atoms with van der Waals surface area (Å²) in [6.45, 7) is 0. The predicted octanol–water partition coefficient (Wildman–Crippen LogP) is 4.99. The van der Waals surface area contributed by atoms with Crippen LogP contribution in [0.15, 0.2) is 97.3 Å². The number of hydrogen-bond donors (Lipinski definition) is 2. The predicted molar refractivity (Wildman–Crippen MR) is 120 cm³/mol. The maximum Gasteiger partial charge on any atom is 0.173 e. The number of para-hydroxylation sites is 3. The van der Waals surface area contributed by atoms with Crippen molar-refractivity contribution in [3.63, 3.8) is 0 Å². The molecule has 0 amide bonds. The Morgan fingerprint density at radius 2 is 1.17 bits per heavy atom. The zero-order valence-corrected chi connectivity index (χ0v) is 16.1. The molecule has 3 N–H and O–H groups in total. The van der Waals surface area contributed by atoms with Crippen LogP contribution in [-0.2, 0) is 0 Å². The molecule has 0 saturated carbocycles. The third-order valence-electron chi connectivity index (χ3n) is 4.57. The van der Waals surface area contributed by atoms with Gasteiger partial charge in [0.15, 0.2) is 11.6 Å². The second-order valence-electron chi connectivity index (χ2n) is 6.47. The second kappa shape index (κ2) is 8.31. The second-order valence-corrected chi connectivity index (χ2v) is 6.47. The van der Waals surface area contributed by atoms with Gasteiger partial charge in [0.1, 0.15) is 12.0 Å². The van der Waals surface area contributed by atoms with Crippen LogP contribution in [0.2, 0.25) is 0 Å². The minimum atomic E-state index is 0.468. The van der Waals surface area contributed by atoms with E-state index in [9.17, 15) is 0 Å². The van der Waals surface area contributed by atoms with Gasteiger partial charge in [-0.3, -0.25) is 10.4 Å². The summed E-state index contributed by atoms with van der Waals surface area (Å²) in [5.74, 6) is 1.17. The molecule has 1 heterocycles. The highest BCUT2D eigenvalue weighted by molar-refractivity contribution is 5.81. The topological polar surface area (TPSA) is 70.3 Å². The summed E-state index contributed by atoms with van der Waals surface area (Å²) in [4.78, 5) is 10.7. The Balaban J connectivity index is 1.70. The molecule has 0 saturated heterocycles. The maximum absolute atomic E-state index is 6.47. The molecule has 4 aromatic rings. The Morgan fingerprint density at radius 1 is 0.690 bits per heavy atom. The van der Waals surface area contributed by atoms with E-state index in [0.29, 0.717) is 17.3 Å². The Bertz CT molecular complexity index is 1010. The van der Waals surface area contributed by atoms with Crippen LogP contribution in [0, 0.1) is 0 Å². The minimum Gasteiger partial charge on any atom is -0.393 e. The first-order valence-electron chi connectivity index (χ1n) is 9.30. The van der Waals surface area contributed by atoms with Crippen molar-refractivity contribution in [3.8, 4) is 0 Å². The molecule has 0 bridgehead atoms. The highest BCUT2D eigenvalue weighted by Gasteiger charge is 2.16. The largest absolute Gasteiger partial charge is 0.393 e. The highest BCUT2D eigenvalue weighted by Crippen LogP contribution is 2.32. The molecule has 4 rings (SSSR count). The summed E-state index contributed by atoms with van der Waals surface area (Å²) in [7, 11) is 1.93. The van der Waals surface area contributed by atoms with Crippen LogP contribution in [0.4, 0.5) is 34.4 Å². The summed E-state index contributed by atoms with van der Waals surface area (Å²) in [6.07, 6.45) is 1.52. The first-order valence-corrected chi connectivity index (χ1v) is 9.30. The van der Waals surface area contributed by atoms with Gasteiger partial charge in [0.05, 0.1) is 11.4 Å². The quantitative estimate of drug-likeness (QED) is 0.458. The molecule has 6 heteroatoms. The van der Waals surface area contributed by atoms with E-state index in [4.69, 9.17) is 5.73 Å². The van der Waals surface area contributed by atoms with E-state index in [-0.39, 0.29) is 0 Å². The molecular weight excluding hydrogens is 360 g/mol. The molecule has 144 valence electrons. The van der Waals surface area contributed by atoms with Gasteiger partial charge in [-0.15, -0.1) is 0 Å². The number of nitrogens with one attached hydrogen (secondary N) is 1. The van der Waals surface area contributed by atoms with Crippen molar-refractivity contribution in [1.29, 1.82) is 0 Å². The van der Waals surface area contributed by atoms with E-state index in [0.717, 1.165) is 17.1 Å². The summed E-state index contributed by atoms with van der Waals surface area (Å²) in [5, 5.41) is 1.95. The Morgan fingerprint density at radius 3 is 1.69 bits per heavy atom. The van der Waals surface area contributed by atoms with Gasteiger partial charge in [-0.05, 0) is 36.4 Å². The third-order valence-corrected chi connectivity index (χ3v) is 4.57. The average molecular weight is 382 g/mol. The molecule has 0 unspecified atom stereocenters. The van der Waals surface area contributed by atoms with Crippen molar-refractivity contribution in [2.24, 2.45) is 0 Å². The number of hydrogen-bond acceptors (Lipinski definition) is 6. The van der Waals surface area contributed by atoms with Gasteiger partial charge in [0.2, 0.25) is 0 Å². The van der Waals surface area contributed by atoms with Crippen LogP contribution in [0.25, 0.3) is 0 Å². The van der Waals surface area contributed by atoms with Gasteiger partial charge in [0.25, 0.3) is 0 Å². The maximum atomic E-state index is 6.47. The molecule has 3 aromatic carbocycles. The lowest BCUT2D eigenvalue weighted by Gasteiger charge is -2.27. The molecule has 0 radical (unpaired) electrons. The number of rotatable bonds is 6. The van der Waals surface area contributed by atoms with Crippen molar-refractivity contribution >= 4 is 34.4 Å². The van der Waals surface area contributed by atoms with E-state index < -0.39 is 0 Å². The van der Waals surface area contributed by atoms with Crippen LogP contribution in [0.3, 0.4) is 0 Å². The number of nitrogens with two attached hydrogens (primary N) is 1. The first kappa shape index (κ1) is 18.3. The van der Waals surface area contributed by atoms with Gasteiger partial charge in [0, 0.05) is 12.7 Å². The molecule has 0 fully saturated rings. The lowest BCUT2D eigenvalue weighted by molar-refractivity contribution is 1.06. The summed E-state index contributed by atoms with van der Waals surface area (Å²) in [5.41, 5.74) is 13.2. The minimum absolute atomic E-state index is 0.468. The van der Waals surface area contributed by atoms with E-state index in [1.54, 1.807) is 0 Å². The molecule has 0 aliphatic carbocycles. The van der Waals surface area contributed by atoms with Crippen LogP contribution in [-0.4, -0.2) is 17.0 Å². The van der Waals surface area contributed by atoms with Crippen LogP contribution < -0.4 is 21.1 Å². The van der Waals surface area contributed by atoms with Gasteiger partial charge < -0.3 is 10.6 Å². The molecule has 0 atom stereocenters. The Hall–Kier alpha value is -4.06. The summed E-state index contributed by atoms with van der Waals surface area (Å²) >= 11 is 0. The van der Waals surface area contributed by atoms with Crippen LogP contribution in [0.5, 0.6) is 0 Å². The number of hydrazine groups is 1. The van der Waals surface area contributed by atoms with E-state index in [2.05, 4.69) is 15.4 Å². The fourth-order valence-corrected chi connectivity index (χ4v) is 3.05. The molecular formula is C23H22N6. The van der Waals surface area contributed by atoms with Gasteiger partial charge in [-0.25, -0.2) is 9.97 Å². The van der Waals surface area contributed by atoms with E-state index in [1.165, 1.54) is 6.33 Å². The Labute approximate surface area is 170 Å². The molecule has 6 nitrogen and oxygen atoms in total. The molecule has 0 aliphatic rings. The van der Waals surface area contributed by atoms with Crippen molar-refractivity contribution in [1.82, 2.24) is 9.97 Å². The lowest BCUT2D eigenvalue weighted by Crippen LogP contribution is -2.26. The van der Waals surface area contributed by atoms with Crippen LogP contribution in [0.1, 0.15) is 0 Å². The van der Waals surface area contributed by atoms with E-state index in [1.807, 2.05) is 108 Å². The van der Waals surface area contributed by atoms with Crippen molar-refractivity contribution in [3.05, 3.63) is 97.3 Å². The van der Waals surface area contributed by atoms with Gasteiger partial charge >= 0.3 is 0 Å².